The lowest BCUT2D eigenvalue weighted by atomic mass is 9.85. The van der Waals surface area contributed by atoms with Crippen molar-refractivity contribution in [1.82, 2.24) is 15.3 Å². The van der Waals surface area contributed by atoms with E-state index in [1.807, 2.05) is 6.20 Å². The van der Waals surface area contributed by atoms with Gasteiger partial charge in [-0.2, -0.15) is 0 Å². The smallest absolute Gasteiger partial charge is 0.225 e. The molecule has 1 saturated heterocycles. The third kappa shape index (κ3) is 4.24. The molecule has 0 aromatic carbocycles. The first-order valence-electron chi connectivity index (χ1n) is 10.3. The molecular formula is C20H30N4O3. The van der Waals surface area contributed by atoms with Crippen LogP contribution in [0.2, 0.25) is 0 Å². The quantitative estimate of drug-likeness (QED) is 0.869. The van der Waals surface area contributed by atoms with E-state index in [1.165, 1.54) is 0 Å². The molecule has 148 valence electrons. The van der Waals surface area contributed by atoms with Crippen molar-refractivity contribution in [3.8, 4) is 0 Å². The minimum atomic E-state index is 0.0305. The summed E-state index contributed by atoms with van der Waals surface area (Å²) in [6, 6.07) is 0.0305. The SMILES string of the molecule is CO[C@@H]1CCC[C@@H](C(=O)N[C@@H]2CCCc3nc(N4CCOCC4)ncc32)C1. The molecule has 1 saturated carbocycles. The van der Waals surface area contributed by atoms with Crippen LogP contribution in [0.5, 0.6) is 0 Å². The van der Waals surface area contributed by atoms with Gasteiger partial charge in [0.25, 0.3) is 0 Å². The molecule has 0 unspecified atom stereocenters. The lowest BCUT2D eigenvalue weighted by Gasteiger charge is -2.32. The molecule has 3 atom stereocenters. The molecule has 3 aliphatic rings. The maximum absolute atomic E-state index is 12.8. The summed E-state index contributed by atoms with van der Waals surface area (Å²) in [6.45, 7) is 3.12. The second kappa shape index (κ2) is 8.52. The number of nitrogens with zero attached hydrogens (tertiary/aromatic N) is 3. The van der Waals surface area contributed by atoms with Gasteiger partial charge in [0.1, 0.15) is 0 Å². The van der Waals surface area contributed by atoms with Crippen LogP contribution < -0.4 is 10.2 Å². The van der Waals surface area contributed by atoms with E-state index < -0.39 is 0 Å². The van der Waals surface area contributed by atoms with Crippen LogP contribution in [0.3, 0.4) is 0 Å². The molecule has 2 fully saturated rings. The van der Waals surface area contributed by atoms with Gasteiger partial charge < -0.3 is 19.7 Å². The van der Waals surface area contributed by atoms with E-state index in [-0.39, 0.29) is 24.0 Å². The Kier molecular flexibility index (Phi) is 5.88. The van der Waals surface area contributed by atoms with Gasteiger partial charge in [-0.3, -0.25) is 4.79 Å². The van der Waals surface area contributed by atoms with Gasteiger partial charge in [0.15, 0.2) is 0 Å². The largest absolute Gasteiger partial charge is 0.381 e. The van der Waals surface area contributed by atoms with Crippen molar-refractivity contribution < 1.29 is 14.3 Å². The van der Waals surface area contributed by atoms with Gasteiger partial charge in [-0.15, -0.1) is 0 Å². The predicted molar refractivity (Wildman–Crippen MR) is 102 cm³/mol. The molecule has 2 aliphatic carbocycles. The summed E-state index contributed by atoms with van der Waals surface area (Å²) in [4.78, 5) is 24.4. The molecule has 7 nitrogen and oxygen atoms in total. The molecule has 27 heavy (non-hydrogen) atoms. The molecule has 1 N–H and O–H groups in total. The number of aryl methyl sites for hydroxylation is 1. The standard InChI is InChI=1S/C20H30N4O3/c1-26-15-5-2-4-14(12-15)19(25)22-17-6-3-7-18-16(17)13-21-20(23-18)24-8-10-27-11-9-24/h13-15,17H,2-12H2,1H3,(H,22,25)/t14-,15-,17-/m1/s1. The average Bonchev–Trinajstić information content (AvgIpc) is 2.74. The minimum absolute atomic E-state index is 0.0305. The van der Waals surface area contributed by atoms with Gasteiger partial charge in [-0.1, -0.05) is 6.42 Å². The molecule has 1 aromatic rings. The number of fused-ring (bicyclic) bond motifs is 1. The molecule has 0 radical (unpaired) electrons. The molecular weight excluding hydrogens is 344 g/mol. The van der Waals surface area contributed by atoms with Gasteiger partial charge in [0.05, 0.1) is 31.1 Å². The third-order valence-corrected chi connectivity index (χ3v) is 6.11. The van der Waals surface area contributed by atoms with E-state index in [2.05, 4.69) is 15.2 Å². The summed E-state index contributed by atoms with van der Waals surface area (Å²) in [5, 5.41) is 3.28. The van der Waals surface area contributed by atoms with Gasteiger partial charge in [-0.05, 0) is 38.5 Å². The number of carbonyl (C=O) groups excluding carboxylic acids is 1. The van der Waals surface area contributed by atoms with Crippen LogP contribution in [0.1, 0.15) is 55.8 Å². The molecule has 1 amide bonds. The van der Waals surface area contributed by atoms with Crippen molar-refractivity contribution in [1.29, 1.82) is 0 Å². The van der Waals surface area contributed by atoms with Crippen molar-refractivity contribution in [3.63, 3.8) is 0 Å². The Morgan fingerprint density at radius 1 is 1.26 bits per heavy atom. The molecule has 0 spiro atoms. The summed E-state index contributed by atoms with van der Waals surface area (Å²) in [7, 11) is 1.74. The predicted octanol–water partition coefficient (Wildman–Crippen LogP) is 2.01. The highest BCUT2D eigenvalue weighted by Gasteiger charge is 2.31. The van der Waals surface area contributed by atoms with Crippen LogP contribution in [0.15, 0.2) is 6.20 Å². The van der Waals surface area contributed by atoms with Crippen molar-refractivity contribution in [2.45, 2.75) is 57.1 Å². The van der Waals surface area contributed by atoms with Gasteiger partial charge in [0, 0.05) is 37.9 Å². The second-order valence-electron chi connectivity index (χ2n) is 7.85. The normalized spacial score (nSPS) is 28.5. The van der Waals surface area contributed by atoms with E-state index in [9.17, 15) is 4.79 Å². The minimum Gasteiger partial charge on any atom is -0.381 e. The first-order valence-corrected chi connectivity index (χ1v) is 10.3. The lowest BCUT2D eigenvalue weighted by molar-refractivity contribution is -0.128. The van der Waals surface area contributed by atoms with Crippen molar-refractivity contribution in [3.05, 3.63) is 17.5 Å². The number of methoxy groups -OCH3 is 1. The Bertz CT molecular complexity index is 663. The summed E-state index contributed by atoms with van der Waals surface area (Å²) >= 11 is 0. The first-order chi connectivity index (χ1) is 13.2. The zero-order valence-corrected chi connectivity index (χ0v) is 16.2. The zero-order chi connectivity index (χ0) is 18.6. The molecule has 0 bridgehead atoms. The number of hydrogen-bond acceptors (Lipinski definition) is 6. The number of rotatable bonds is 4. The fourth-order valence-corrected chi connectivity index (χ4v) is 4.49. The second-order valence-corrected chi connectivity index (χ2v) is 7.85. The Morgan fingerprint density at radius 2 is 2.11 bits per heavy atom. The number of hydrogen-bond donors (Lipinski definition) is 1. The van der Waals surface area contributed by atoms with Crippen LogP contribution >= 0.6 is 0 Å². The Hall–Kier alpha value is -1.73. The van der Waals surface area contributed by atoms with E-state index in [4.69, 9.17) is 14.5 Å². The number of aromatic nitrogens is 2. The van der Waals surface area contributed by atoms with Gasteiger partial charge in [0.2, 0.25) is 11.9 Å². The topological polar surface area (TPSA) is 76.6 Å². The molecule has 1 aromatic heterocycles. The van der Waals surface area contributed by atoms with Crippen LogP contribution in [0.25, 0.3) is 0 Å². The van der Waals surface area contributed by atoms with Crippen LogP contribution in [-0.2, 0) is 20.7 Å². The maximum Gasteiger partial charge on any atom is 0.225 e. The van der Waals surface area contributed by atoms with Crippen molar-refractivity contribution >= 4 is 11.9 Å². The van der Waals surface area contributed by atoms with E-state index in [0.29, 0.717) is 0 Å². The molecule has 4 rings (SSSR count). The van der Waals surface area contributed by atoms with Gasteiger partial charge >= 0.3 is 0 Å². The Balaban J connectivity index is 1.44. The highest BCUT2D eigenvalue weighted by Crippen LogP contribution is 2.31. The lowest BCUT2D eigenvalue weighted by Crippen LogP contribution is -2.39. The van der Waals surface area contributed by atoms with E-state index >= 15 is 0 Å². The maximum atomic E-state index is 12.8. The first kappa shape index (κ1) is 18.6. The summed E-state index contributed by atoms with van der Waals surface area (Å²) < 4.78 is 10.9. The fraction of sp³-hybridized carbons (Fsp3) is 0.750. The third-order valence-electron chi connectivity index (χ3n) is 6.11. The van der Waals surface area contributed by atoms with Gasteiger partial charge in [-0.25, -0.2) is 9.97 Å². The van der Waals surface area contributed by atoms with E-state index in [0.717, 1.165) is 88.5 Å². The Morgan fingerprint density at radius 3 is 2.93 bits per heavy atom. The van der Waals surface area contributed by atoms with Crippen molar-refractivity contribution in [2.24, 2.45) is 5.92 Å². The molecule has 7 heteroatoms. The number of morpholine rings is 1. The zero-order valence-electron chi connectivity index (χ0n) is 16.2. The summed E-state index contributed by atoms with van der Waals surface area (Å²) in [5.74, 6) is 1.01. The van der Waals surface area contributed by atoms with Crippen LogP contribution in [0, 0.1) is 5.92 Å². The van der Waals surface area contributed by atoms with Crippen molar-refractivity contribution in [2.75, 3.05) is 38.3 Å². The van der Waals surface area contributed by atoms with Crippen LogP contribution in [0.4, 0.5) is 5.95 Å². The highest BCUT2D eigenvalue weighted by atomic mass is 16.5. The fourth-order valence-electron chi connectivity index (χ4n) is 4.49. The number of carbonyl (C=O) groups is 1. The monoisotopic (exact) mass is 374 g/mol. The Labute approximate surface area is 160 Å². The number of nitrogens with one attached hydrogen (secondary N) is 1. The number of ether oxygens (including phenoxy) is 2. The average molecular weight is 374 g/mol. The van der Waals surface area contributed by atoms with E-state index in [1.54, 1.807) is 7.11 Å². The summed E-state index contributed by atoms with van der Waals surface area (Å²) in [6.07, 6.45) is 9.00. The number of anilines is 1. The summed E-state index contributed by atoms with van der Waals surface area (Å²) in [5.41, 5.74) is 2.17. The molecule has 1 aliphatic heterocycles. The number of amides is 1. The van der Waals surface area contributed by atoms with Crippen LogP contribution in [-0.4, -0.2) is 55.4 Å². The highest BCUT2D eigenvalue weighted by molar-refractivity contribution is 5.79. The molecule has 2 heterocycles.